The van der Waals surface area contributed by atoms with Gasteiger partial charge >= 0.3 is 5.97 Å². The number of nitrogens with zero attached hydrogens (tertiary/aromatic N) is 3. The molecule has 0 aliphatic heterocycles. The van der Waals surface area contributed by atoms with Gasteiger partial charge in [0.1, 0.15) is 0 Å². The number of amides is 1. The molecule has 2 rings (SSSR count). The van der Waals surface area contributed by atoms with E-state index in [4.69, 9.17) is 4.74 Å². The fraction of sp³-hybridized carbons (Fsp3) is 0.577. The number of carbonyl (C=O) groups is 2. The first-order chi connectivity index (χ1) is 15.8. The van der Waals surface area contributed by atoms with Crippen LogP contribution in [0, 0.1) is 0 Å². The first-order valence-corrected chi connectivity index (χ1v) is 12.2. The molecule has 7 heteroatoms. The molecule has 0 saturated heterocycles. The molecule has 0 spiro atoms. The van der Waals surface area contributed by atoms with E-state index in [0.29, 0.717) is 17.9 Å². The summed E-state index contributed by atoms with van der Waals surface area (Å²) >= 11 is 0. The molecule has 1 aromatic heterocycles. The van der Waals surface area contributed by atoms with Crippen LogP contribution in [-0.2, 0) is 4.74 Å². The molecular weight excluding hydrogens is 416 g/mol. The van der Waals surface area contributed by atoms with Gasteiger partial charge in [0.2, 0.25) is 0 Å². The third-order valence-corrected chi connectivity index (χ3v) is 6.10. The minimum Gasteiger partial charge on any atom is -0.461 e. The van der Waals surface area contributed by atoms with Crippen molar-refractivity contribution < 1.29 is 14.3 Å². The molecule has 0 radical (unpaired) electrons. The van der Waals surface area contributed by atoms with Gasteiger partial charge in [-0.1, -0.05) is 27.7 Å². The molecule has 1 aromatic carbocycles. The highest BCUT2D eigenvalue weighted by atomic mass is 16.5. The van der Waals surface area contributed by atoms with Crippen LogP contribution in [-0.4, -0.2) is 58.8 Å². The molecule has 0 aliphatic carbocycles. The third-order valence-electron chi connectivity index (χ3n) is 6.10. The second-order valence-corrected chi connectivity index (χ2v) is 8.49. The van der Waals surface area contributed by atoms with Crippen LogP contribution in [0.3, 0.4) is 0 Å². The molecule has 0 saturated carbocycles. The van der Waals surface area contributed by atoms with Gasteiger partial charge in [-0.15, -0.1) is 0 Å². The summed E-state index contributed by atoms with van der Waals surface area (Å²) in [6, 6.07) is 9.26. The van der Waals surface area contributed by atoms with E-state index in [1.807, 2.05) is 19.1 Å². The number of ether oxygens (including phenoxy) is 1. The number of carbonyl (C=O) groups excluding carboxylic acids is 2. The van der Waals surface area contributed by atoms with Gasteiger partial charge in [-0.3, -0.25) is 4.79 Å². The Morgan fingerprint density at radius 2 is 1.76 bits per heavy atom. The minimum absolute atomic E-state index is 0.0771. The summed E-state index contributed by atoms with van der Waals surface area (Å²) in [5, 5.41) is 7.59. The van der Waals surface area contributed by atoms with Crippen LogP contribution in [0.4, 0.5) is 0 Å². The highest BCUT2D eigenvalue weighted by Gasteiger charge is 2.20. The zero-order valence-electron chi connectivity index (χ0n) is 21.1. The maximum absolute atomic E-state index is 12.7. The Labute approximate surface area is 198 Å². The van der Waals surface area contributed by atoms with Crippen LogP contribution >= 0.6 is 0 Å². The molecule has 0 fully saturated rings. The fourth-order valence-corrected chi connectivity index (χ4v) is 3.76. The Kier molecular flexibility index (Phi) is 10.6. The van der Waals surface area contributed by atoms with E-state index < -0.39 is 5.97 Å². The molecule has 0 bridgehead atoms. The average molecular weight is 457 g/mol. The van der Waals surface area contributed by atoms with Gasteiger partial charge in [0, 0.05) is 17.3 Å². The summed E-state index contributed by atoms with van der Waals surface area (Å²) in [5.74, 6) is -0.278. The maximum Gasteiger partial charge on any atom is 0.358 e. The normalized spacial score (nSPS) is 13.1. The summed E-state index contributed by atoms with van der Waals surface area (Å²) in [6.07, 6.45) is 2.92. The van der Waals surface area contributed by atoms with Gasteiger partial charge in [0.25, 0.3) is 5.91 Å². The molecule has 1 amide bonds. The predicted octanol–water partition coefficient (Wildman–Crippen LogP) is 4.80. The van der Waals surface area contributed by atoms with Crippen molar-refractivity contribution in [1.82, 2.24) is 20.0 Å². The van der Waals surface area contributed by atoms with Crippen LogP contribution in [0.1, 0.15) is 93.3 Å². The lowest BCUT2D eigenvalue weighted by molar-refractivity contribution is 0.0518. The SMILES string of the molecule is CCOC(=O)c1cc([C@H](C)CC)n(-c2ccc(C(=O)N[C@H](C)CCCN(CC)CC)cc2)n1. The van der Waals surface area contributed by atoms with Gasteiger partial charge in [-0.2, -0.15) is 5.10 Å². The Bertz CT molecular complexity index is 887. The Hall–Kier alpha value is -2.67. The van der Waals surface area contributed by atoms with Gasteiger partial charge < -0.3 is 15.0 Å². The maximum atomic E-state index is 12.7. The highest BCUT2D eigenvalue weighted by Crippen LogP contribution is 2.24. The molecule has 182 valence electrons. The highest BCUT2D eigenvalue weighted by molar-refractivity contribution is 5.94. The molecule has 1 N–H and O–H groups in total. The van der Waals surface area contributed by atoms with Crippen molar-refractivity contribution in [1.29, 1.82) is 0 Å². The summed E-state index contributed by atoms with van der Waals surface area (Å²) in [4.78, 5) is 27.3. The number of hydrogen-bond donors (Lipinski definition) is 1. The fourth-order valence-electron chi connectivity index (χ4n) is 3.76. The first-order valence-electron chi connectivity index (χ1n) is 12.2. The van der Waals surface area contributed by atoms with Crippen LogP contribution in [0.15, 0.2) is 30.3 Å². The topological polar surface area (TPSA) is 76.5 Å². The molecule has 2 atom stereocenters. The van der Waals surface area contributed by atoms with Gasteiger partial charge in [-0.05, 0) is 89.0 Å². The number of benzene rings is 1. The summed E-state index contributed by atoms with van der Waals surface area (Å²) < 4.78 is 6.89. The van der Waals surface area contributed by atoms with Crippen molar-refractivity contribution in [3.05, 3.63) is 47.3 Å². The lowest BCUT2D eigenvalue weighted by atomic mass is 10.0. The minimum atomic E-state index is -0.424. The summed E-state index contributed by atoms with van der Waals surface area (Å²) in [6.45, 7) is 15.8. The number of aromatic nitrogens is 2. The molecule has 7 nitrogen and oxygen atoms in total. The lowest BCUT2D eigenvalue weighted by Crippen LogP contribution is -2.33. The van der Waals surface area contributed by atoms with Crippen molar-refractivity contribution in [2.24, 2.45) is 0 Å². The van der Waals surface area contributed by atoms with Crippen LogP contribution in [0.25, 0.3) is 5.69 Å². The average Bonchev–Trinajstić information content (AvgIpc) is 3.27. The second kappa shape index (κ2) is 13.1. The monoisotopic (exact) mass is 456 g/mol. The van der Waals surface area contributed by atoms with E-state index in [1.54, 1.807) is 29.8 Å². The van der Waals surface area contributed by atoms with Crippen molar-refractivity contribution in [3.63, 3.8) is 0 Å². The zero-order valence-corrected chi connectivity index (χ0v) is 21.1. The van der Waals surface area contributed by atoms with E-state index >= 15 is 0 Å². The largest absolute Gasteiger partial charge is 0.461 e. The van der Waals surface area contributed by atoms with Gasteiger partial charge in [0.15, 0.2) is 5.69 Å². The number of esters is 1. The molecule has 0 unspecified atom stereocenters. The Balaban J connectivity index is 2.08. The van der Waals surface area contributed by atoms with E-state index in [1.165, 1.54) is 0 Å². The zero-order chi connectivity index (χ0) is 24.4. The van der Waals surface area contributed by atoms with E-state index in [9.17, 15) is 9.59 Å². The van der Waals surface area contributed by atoms with Crippen molar-refractivity contribution in [2.45, 2.75) is 72.8 Å². The van der Waals surface area contributed by atoms with E-state index in [0.717, 1.165) is 50.3 Å². The number of rotatable bonds is 13. The molecule has 0 aliphatic rings. The van der Waals surface area contributed by atoms with Crippen molar-refractivity contribution >= 4 is 11.9 Å². The smallest absolute Gasteiger partial charge is 0.358 e. The summed E-state index contributed by atoms with van der Waals surface area (Å²) in [7, 11) is 0. The molecule has 33 heavy (non-hydrogen) atoms. The summed E-state index contributed by atoms with van der Waals surface area (Å²) in [5.41, 5.74) is 2.66. The van der Waals surface area contributed by atoms with Gasteiger partial charge in [0.05, 0.1) is 12.3 Å². The number of hydrogen-bond acceptors (Lipinski definition) is 5. The Morgan fingerprint density at radius 3 is 2.33 bits per heavy atom. The van der Waals surface area contributed by atoms with E-state index in [2.05, 4.69) is 43.0 Å². The quantitative estimate of drug-likeness (QED) is 0.438. The standard InChI is InChI=1S/C26H40N4O3/c1-7-19(5)24-18-23(26(32)33-10-4)28-30(24)22-15-13-21(14-16-22)25(31)27-20(6)12-11-17-29(8-2)9-3/h13-16,18-20H,7-12,17H2,1-6H3,(H,27,31)/t19-,20-/m1/s1. The number of nitrogens with one attached hydrogen (secondary N) is 1. The Morgan fingerprint density at radius 1 is 1.09 bits per heavy atom. The first kappa shape index (κ1) is 26.6. The van der Waals surface area contributed by atoms with Crippen molar-refractivity contribution in [2.75, 3.05) is 26.2 Å². The molecule has 1 heterocycles. The second-order valence-electron chi connectivity index (χ2n) is 8.49. The molecule has 2 aromatic rings. The molecular formula is C26H40N4O3. The van der Waals surface area contributed by atoms with Crippen molar-refractivity contribution in [3.8, 4) is 5.69 Å². The van der Waals surface area contributed by atoms with Crippen LogP contribution in [0.2, 0.25) is 0 Å². The third kappa shape index (κ3) is 7.42. The van der Waals surface area contributed by atoms with Gasteiger partial charge in [-0.25, -0.2) is 9.48 Å². The van der Waals surface area contributed by atoms with Crippen LogP contribution in [0.5, 0.6) is 0 Å². The van der Waals surface area contributed by atoms with Crippen LogP contribution < -0.4 is 5.32 Å². The lowest BCUT2D eigenvalue weighted by Gasteiger charge is -2.20. The predicted molar refractivity (Wildman–Crippen MR) is 132 cm³/mol. The van der Waals surface area contributed by atoms with E-state index in [-0.39, 0.29) is 17.9 Å².